The Morgan fingerprint density at radius 3 is 1.73 bits per heavy atom. The molecule has 55 heavy (non-hydrogen) atoms. The Bertz CT molecular complexity index is 1540. The fourth-order valence-corrected chi connectivity index (χ4v) is 5.21. The number of aliphatic carboxylic acids is 5. The number of carbonyl (C=O) groups excluding carboxylic acids is 5. The van der Waals surface area contributed by atoms with Gasteiger partial charge in [-0.1, -0.05) is 24.3 Å². The van der Waals surface area contributed by atoms with Crippen molar-refractivity contribution >= 4 is 72.0 Å². The van der Waals surface area contributed by atoms with Crippen molar-refractivity contribution in [3.05, 3.63) is 35.4 Å². The first-order chi connectivity index (χ1) is 25.9. The van der Waals surface area contributed by atoms with E-state index in [9.17, 15) is 63.3 Å². The highest BCUT2D eigenvalue weighted by Crippen LogP contribution is 2.14. The molecule has 0 radical (unpaired) electrons. The van der Waals surface area contributed by atoms with Gasteiger partial charge in [-0.25, -0.2) is 14.4 Å². The van der Waals surface area contributed by atoms with Gasteiger partial charge >= 0.3 is 35.9 Å². The van der Waals surface area contributed by atoms with Crippen molar-refractivity contribution in [3.63, 3.8) is 0 Å². The fourth-order valence-electron chi connectivity index (χ4n) is 4.96. The van der Waals surface area contributed by atoms with Gasteiger partial charge in [0.25, 0.3) is 0 Å². The maximum Gasteiger partial charge on any atom is 0.327 e. The number of unbranched alkanes of at least 4 members (excludes halogenated alkanes) is 2. The van der Waals surface area contributed by atoms with Crippen LogP contribution in [0.3, 0.4) is 0 Å². The second-order valence-electron chi connectivity index (χ2n) is 12.4. The van der Waals surface area contributed by atoms with Crippen LogP contribution in [0.15, 0.2) is 24.3 Å². The van der Waals surface area contributed by atoms with Gasteiger partial charge in [-0.2, -0.15) is 12.6 Å². The van der Waals surface area contributed by atoms with Crippen LogP contribution in [0.5, 0.6) is 0 Å². The van der Waals surface area contributed by atoms with Crippen LogP contribution in [0.25, 0.3) is 0 Å². The number of ketones is 1. The van der Waals surface area contributed by atoms with E-state index in [1.165, 1.54) is 0 Å². The molecule has 20 nitrogen and oxygen atoms in total. The number of hydrogen-bond acceptors (Lipinski definition) is 11. The number of carboxylic acid groups (broad SMARTS) is 5. The van der Waals surface area contributed by atoms with Crippen molar-refractivity contribution in [2.24, 2.45) is 5.92 Å². The topological polar surface area (TPSA) is 332 Å². The molecule has 0 aliphatic heterocycles. The zero-order valence-corrected chi connectivity index (χ0v) is 30.7. The SMILES string of the molecule is O=C(O)CCCCC(=O)N[C@@H](CCCCNC(=O)NCc1ccc(CC(=O)N[C@@H](CC(=O)O)C(=O)C[C@@H](CC(=O)O)C(=O)N[C@@H](CS)C(=O)O)cc1)C(=O)O. The Morgan fingerprint density at radius 1 is 0.582 bits per heavy atom. The van der Waals surface area contributed by atoms with Crippen LogP contribution < -0.4 is 26.6 Å². The Kier molecular flexibility index (Phi) is 21.8. The van der Waals surface area contributed by atoms with E-state index < -0.39 is 103 Å². The van der Waals surface area contributed by atoms with Gasteiger partial charge in [0.2, 0.25) is 17.7 Å². The Morgan fingerprint density at radius 2 is 1.16 bits per heavy atom. The Labute approximate surface area is 320 Å². The molecule has 0 fully saturated rings. The summed E-state index contributed by atoms with van der Waals surface area (Å²) in [6, 6.07) is 1.62. The maximum atomic E-state index is 13.0. The van der Waals surface area contributed by atoms with Gasteiger partial charge in [0.05, 0.1) is 31.2 Å². The number of carboxylic acids is 5. The van der Waals surface area contributed by atoms with Gasteiger partial charge < -0.3 is 52.1 Å². The molecule has 0 saturated carbocycles. The lowest BCUT2D eigenvalue weighted by Gasteiger charge is -2.21. The normalized spacial score (nSPS) is 12.8. The van der Waals surface area contributed by atoms with Crippen LogP contribution in [-0.2, 0) is 56.1 Å². The summed E-state index contributed by atoms with van der Waals surface area (Å²) in [5.74, 6) is -11.7. The number of amides is 5. The van der Waals surface area contributed by atoms with E-state index in [1.807, 2.05) is 0 Å². The van der Waals surface area contributed by atoms with Crippen molar-refractivity contribution in [1.29, 1.82) is 0 Å². The molecule has 21 heteroatoms. The van der Waals surface area contributed by atoms with Crippen molar-refractivity contribution in [2.75, 3.05) is 12.3 Å². The molecular weight excluding hydrogens is 750 g/mol. The Balaban J connectivity index is 2.59. The lowest BCUT2D eigenvalue weighted by Crippen LogP contribution is -2.47. The molecule has 0 unspecified atom stereocenters. The molecular formula is C34H47N5O15S. The minimum absolute atomic E-state index is 0.00926. The highest BCUT2D eigenvalue weighted by molar-refractivity contribution is 7.80. The monoisotopic (exact) mass is 797 g/mol. The van der Waals surface area contributed by atoms with E-state index in [4.69, 9.17) is 10.2 Å². The highest BCUT2D eigenvalue weighted by atomic mass is 32.1. The summed E-state index contributed by atoms with van der Waals surface area (Å²) in [5.41, 5.74) is 1.10. The first-order valence-corrected chi connectivity index (χ1v) is 17.8. The first kappa shape index (κ1) is 47.3. The summed E-state index contributed by atoms with van der Waals surface area (Å²) in [7, 11) is 0. The predicted octanol–water partition coefficient (Wildman–Crippen LogP) is -0.0782. The van der Waals surface area contributed by atoms with Gasteiger partial charge in [0, 0.05) is 38.1 Å². The molecule has 5 amide bonds. The molecule has 0 aromatic heterocycles. The summed E-state index contributed by atoms with van der Waals surface area (Å²) < 4.78 is 0. The average Bonchev–Trinajstić information content (AvgIpc) is 3.10. The second-order valence-corrected chi connectivity index (χ2v) is 12.8. The third-order valence-corrected chi connectivity index (χ3v) is 8.23. The van der Waals surface area contributed by atoms with Crippen LogP contribution in [0.4, 0.5) is 4.79 Å². The molecule has 1 aromatic rings. The predicted molar refractivity (Wildman–Crippen MR) is 193 cm³/mol. The van der Waals surface area contributed by atoms with Crippen LogP contribution in [0.1, 0.15) is 75.3 Å². The Hall–Kier alpha value is -5.73. The molecule has 0 saturated heterocycles. The minimum atomic E-state index is -1.62. The van der Waals surface area contributed by atoms with Gasteiger partial charge in [-0.05, 0) is 43.2 Å². The third kappa shape index (κ3) is 20.9. The molecule has 1 rings (SSSR count). The van der Waals surface area contributed by atoms with Gasteiger partial charge in [0.15, 0.2) is 5.78 Å². The van der Waals surface area contributed by atoms with Crippen molar-refractivity contribution in [1.82, 2.24) is 26.6 Å². The van der Waals surface area contributed by atoms with Gasteiger partial charge in [-0.3, -0.25) is 33.6 Å². The van der Waals surface area contributed by atoms with E-state index in [0.29, 0.717) is 36.8 Å². The lowest BCUT2D eigenvalue weighted by molar-refractivity contribution is -0.145. The summed E-state index contributed by atoms with van der Waals surface area (Å²) in [6.07, 6.45) is -1.36. The van der Waals surface area contributed by atoms with E-state index >= 15 is 0 Å². The number of benzene rings is 1. The standard InChI is InChI=1S/C34H47N5O15S/c40-25(14-21(15-29(45)46)31(49)39-24(18-55)33(52)53)23(16-30(47)48)38-27(42)13-19-8-10-20(11-9-19)17-36-34(54)35-12-4-3-5-22(32(50)51)37-26(41)6-1-2-7-28(43)44/h8-11,21-24,55H,1-7,12-18H2,(H,37,41)(H,38,42)(H,39,49)(H,43,44)(H,45,46)(H,47,48)(H,50,51)(H,52,53)(H2,35,36,54)/t21-,22-,23-,24-/m0/s1. The molecule has 304 valence electrons. The van der Waals surface area contributed by atoms with Crippen molar-refractivity contribution in [3.8, 4) is 0 Å². The summed E-state index contributed by atoms with van der Waals surface area (Å²) in [6.45, 7) is 0.314. The molecule has 0 bridgehead atoms. The molecule has 0 heterocycles. The quantitative estimate of drug-likeness (QED) is 0.0390. The smallest absolute Gasteiger partial charge is 0.327 e. The number of nitrogens with one attached hydrogen (secondary N) is 5. The van der Waals surface area contributed by atoms with Crippen LogP contribution in [0, 0.1) is 5.92 Å². The maximum absolute atomic E-state index is 13.0. The first-order valence-electron chi connectivity index (χ1n) is 17.1. The number of Topliss-reactive ketones (excluding diaryl/α,β-unsaturated/α-hetero) is 1. The molecule has 10 N–H and O–H groups in total. The number of carbonyl (C=O) groups is 10. The van der Waals surface area contributed by atoms with Crippen LogP contribution in [0.2, 0.25) is 0 Å². The number of thiol groups is 1. The number of urea groups is 1. The largest absolute Gasteiger partial charge is 0.481 e. The van der Waals surface area contributed by atoms with Gasteiger partial charge in [0.1, 0.15) is 12.1 Å². The van der Waals surface area contributed by atoms with E-state index in [0.717, 1.165) is 0 Å². The molecule has 4 atom stereocenters. The molecule has 0 spiro atoms. The van der Waals surface area contributed by atoms with E-state index in [-0.39, 0.29) is 44.5 Å². The van der Waals surface area contributed by atoms with Crippen molar-refractivity contribution in [2.45, 2.75) is 95.3 Å². The zero-order valence-electron chi connectivity index (χ0n) is 29.8. The third-order valence-electron chi connectivity index (χ3n) is 7.86. The molecule has 0 aliphatic carbocycles. The fraction of sp³-hybridized carbons (Fsp3) is 0.529. The summed E-state index contributed by atoms with van der Waals surface area (Å²) in [4.78, 5) is 119. The zero-order chi connectivity index (χ0) is 41.5. The number of hydrogen-bond donors (Lipinski definition) is 11. The molecule has 1 aromatic carbocycles. The van der Waals surface area contributed by atoms with E-state index in [1.54, 1.807) is 24.3 Å². The van der Waals surface area contributed by atoms with Crippen molar-refractivity contribution < 1.29 is 73.5 Å². The summed E-state index contributed by atoms with van der Waals surface area (Å²) in [5, 5.41) is 57.7. The van der Waals surface area contributed by atoms with Gasteiger partial charge in [-0.15, -0.1) is 0 Å². The van der Waals surface area contributed by atoms with E-state index in [2.05, 4.69) is 39.2 Å². The van der Waals surface area contributed by atoms with Crippen LogP contribution >= 0.6 is 12.6 Å². The number of rotatable bonds is 28. The second kappa shape index (κ2) is 25.3. The highest BCUT2D eigenvalue weighted by Gasteiger charge is 2.32. The average molecular weight is 798 g/mol. The lowest BCUT2D eigenvalue weighted by atomic mass is 9.93. The minimum Gasteiger partial charge on any atom is -0.481 e. The molecule has 0 aliphatic rings. The summed E-state index contributed by atoms with van der Waals surface area (Å²) >= 11 is 3.81. The van der Waals surface area contributed by atoms with Crippen LogP contribution in [-0.4, -0.2) is 115 Å².